The molecule has 0 radical (unpaired) electrons. The van der Waals surface area contributed by atoms with Crippen molar-refractivity contribution in [2.75, 3.05) is 24.4 Å². The number of rotatable bonds is 2. The van der Waals surface area contributed by atoms with E-state index in [1.165, 1.54) is 15.7 Å². The largest absolute Gasteiger partial charge is 0.329 e. The lowest BCUT2D eigenvalue weighted by atomic mass is 10.2. The lowest BCUT2D eigenvalue weighted by Crippen LogP contribution is -2.36. The van der Waals surface area contributed by atoms with Gasteiger partial charge in [0.15, 0.2) is 0 Å². The molecule has 1 aliphatic rings. The van der Waals surface area contributed by atoms with Gasteiger partial charge >= 0.3 is 10.2 Å². The highest BCUT2D eigenvalue weighted by atomic mass is 35.5. The van der Waals surface area contributed by atoms with E-state index in [1.807, 2.05) is 0 Å². The Labute approximate surface area is 106 Å². The van der Waals surface area contributed by atoms with Crippen molar-refractivity contribution in [3.05, 3.63) is 29.3 Å². The molecule has 0 spiro atoms. The first-order valence-electron chi connectivity index (χ1n) is 5.18. The summed E-state index contributed by atoms with van der Waals surface area (Å²) in [5.41, 5.74) is 6.06. The van der Waals surface area contributed by atoms with Crippen LogP contribution in [0.15, 0.2) is 24.3 Å². The smallest absolute Gasteiger partial charge is 0.304 e. The summed E-state index contributed by atoms with van der Waals surface area (Å²) < 4.78 is 26.9. The zero-order chi connectivity index (χ0) is 12.6. The minimum atomic E-state index is -3.50. The fourth-order valence-corrected chi connectivity index (χ4v) is 3.74. The lowest BCUT2D eigenvalue weighted by Gasteiger charge is -2.18. The molecule has 1 atom stereocenters. The van der Waals surface area contributed by atoms with Gasteiger partial charge in [0.1, 0.15) is 0 Å². The zero-order valence-corrected chi connectivity index (χ0v) is 10.9. The van der Waals surface area contributed by atoms with Crippen LogP contribution in [0, 0.1) is 0 Å². The van der Waals surface area contributed by atoms with Crippen LogP contribution in [0.2, 0.25) is 5.02 Å². The van der Waals surface area contributed by atoms with E-state index in [1.54, 1.807) is 24.3 Å². The molecule has 1 aromatic carbocycles. The number of benzene rings is 1. The van der Waals surface area contributed by atoms with Gasteiger partial charge < -0.3 is 5.73 Å². The van der Waals surface area contributed by atoms with Crippen LogP contribution in [0.4, 0.5) is 5.69 Å². The predicted octanol–water partition coefficient (Wildman–Crippen LogP) is 0.664. The van der Waals surface area contributed by atoms with Crippen LogP contribution >= 0.6 is 11.6 Å². The summed E-state index contributed by atoms with van der Waals surface area (Å²) >= 11 is 6.01. The highest BCUT2D eigenvalue weighted by molar-refractivity contribution is 7.90. The van der Waals surface area contributed by atoms with E-state index in [2.05, 4.69) is 0 Å². The van der Waals surface area contributed by atoms with Crippen molar-refractivity contribution in [1.29, 1.82) is 0 Å². The summed E-state index contributed by atoms with van der Waals surface area (Å²) in [6, 6.07) is 6.66. The number of hydrogen-bond donors (Lipinski definition) is 1. The van der Waals surface area contributed by atoms with E-state index in [4.69, 9.17) is 17.3 Å². The maximum absolute atomic E-state index is 12.2. The van der Waals surface area contributed by atoms with Gasteiger partial charge in [-0.05, 0) is 12.1 Å². The summed E-state index contributed by atoms with van der Waals surface area (Å²) in [6.45, 7) is 0.621. The van der Waals surface area contributed by atoms with Gasteiger partial charge in [0.05, 0.1) is 23.3 Å². The van der Waals surface area contributed by atoms with Crippen molar-refractivity contribution in [3.63, 3.8) is 0 Å². The fraction of sp³-hybridized carbons (Fsp3) is 0.400. The van der Waals surface area contributed by atoms with Crippen LogP contribution < -0.4 is 10.0 Å². The van der Waals surface area contributed by atoms with Crippen LogP contribution in [0.25, 0.3) is 0 Å². The van der Waals surface area contributed by atoms with Gasteiger partial charge in [0, 0.05) is 13.6 Å². The molecule has 17 heavy (non-hydrogen) atoms. The Bertz CT molecular complexity index is 520. The van der Waals surface area contributed by atoms with Gasteiger partial charge in [0.25, 0.3) is 0 Å². The van der Waals surface area contributed by atoms with Crippen molar-refractivity contribution in [1.82, 2.24) is 4.31 Å². The normalized spacial score (nSPS) is 24.2. The molecule has 0 aliphatic carbocycles. The third-order valence-electron chi connectivity index (χ3n) is 2.93. The summed E-state index contributed by atoms with van der Waals surface area (Å²) in [6.07, 6.45) is 0. The molecule has 2 rings (SSSR count). The van der Waals surface area contributed by atoms with Crippen LogP contribution in [-0.2, 0) is 10.2 Å². The molecule has 1 saturated heterocycles. The molecule has 1 aromatic rings. The predicted molar refractivity (Wildman–Crippen MR) is 68.3 cm³/mol. The number of para-hydroxylation sites is 1. The molecule has 0 saturated carbocycles. The van der Waals surface area contributed by atoms with E-state index in [-0.39, 0.29) is 12.6 Å². The third kappa shape index (κ3) is 2.01. The molecule has 1 unspecified atom stereocenters. The van der Waals surface area contributed by atoms with Crippen molar-refractivity contribution in [3.8, 4) is 0 Å². The molecule has 1 aliphatic heterocycles. The summed E-state index contributed by atoms with van der Waals surface area (Å²) in [5.74, 6) is 0. The number of anilines is 1. The molecular formula is C10H14ClN3O2S. The van der Waals surface area contributed by atoms with E-state index in [9.17, 15) is 8.42 Å². The molecule has 0 bridgehead atoms. The van der Waals surface area contributed by atoms with Gasteiger partial charge in [-0.3, -0.25) is 4.31 Å². The molecule has 94 valence electrons. The second-order valence-corrected chi connectivity index (χ2v) is 6.22. The molecule has 7 heteroatoms. The topological polar surface area (TPSA) is 66.6 Å². The molecule has 2 N–H and O–H groups in total. The van der Waals surface area contributed by atoms with Gasteiger partial charge in [-0.2, -0.15) is 12.7 Å². The van der Waals surface area contributed by atoms with Crippen molar-refractivity contribution < 1.29 is 8.42 Å². The highest BCUT2D eigenvalue weighted by Gasteiger charge is 2.41. The van der Waals surface area contributed by atoms with Gasteiger partial charge in [-0.1, -0.05) is 23.7 Å². The third-order valence-corrected chi connectivity index (χ3v) is 5.17. The monoisotopic (exact) mass is 275 g/mol. The lowest BCUT2D eigenvalue weighted by molar-refractivity contribution is 0.417. The van der Waals surface area contributed by atoms with E-state index >= 15 is 0 Å². The number of halogens is 1. The quantitative estimate of drug-likeness (QED) is 0.862. The van der Waals surface area contributed by atoms with E-state index < -0.39 is 10.2 Å². The first-order chi connectivity index (χ1) is 7.98. The fourth-order valence-electron chi connectivity index (χ4n) is 1.84. The van der Waals surface area contributed by atoms with Crippen LogP contribution in [-0.4, -0.2) is 38.9 Å². The minimum absolute atomic E-state index is 0.212. The second kappa shape index (κ2) is 4.45. The standard InChI is InChI=1S/C10H14ClN3O2S/c1-13-8(6-12)7-14(17(13,15)16)10-5-3-2-4-9(10)11/h2-5,8H,6-7,12H2,1H3. The van der Waals surface area contributed by atoms with Crippen molar-refractivity contribution in [2.24, 2.45) is 5.73 Å². The molecular weight excluding hydrogens is 262 g/mol. The van der Waals surface area contributed by atoms with E-state index in [0.717, 1.165) is 0 Å². The number of hydrogen-bond acceptors (Lipinski definition) is 3. The molecule has 1 fully saturated rings. The summed E-state index contributed by atoms with van der Waals surface area (Å²) in [5, 5.41) is 0.419. The molecule has 0 amide bonds. The zero-order valence-electron chi connectivity index (χ0n) is 9.38. The van der Waals surface area contributed by atoms with Gasteiger partial charge in [0.2, 0.25) is 0 Å². The Morgan fingerprint density at radius 3 is 2.65 bits per heavy atom. The SMILES string of the molecule is CN1C(CN)CN(c2ccccc2Cl)S1(=O)=O. The average Bonchev–Trinajstić information content (AvgIpc) is 2.52. The van der Waals surface area contributed by atoms with Crippen LogP contribution in [0.3, 0.4) is 0 Å². The first kappa shape index (κ1) is 12.6. The van der Waals surface area contributed by atoms with Crippen LogP contribution in [0.5, 0.6) is 0 Å². The molecule has 0 aromatic heterocycles. The average molecular weight is 276 g/mol. The molecule has 5 nitrogen and oxygen atoms in total. The Morgan fingerprint density at radius 2 is 2.12 bits per heavy atom. The second-order valence-electron chi connectivity index (χ2n) is 3.90. The molecule has 1 heterocycles. The Balaban J connectivity index is 2.45. The van der Waals surface area contributed by atoms with Crippen LogP contribution in [0.1, 0.15) is 0 Å². The Kier molecular flexibility index (Phi) is 3.31. The minimum Gasteiger partial charge on any atom is -0.329 e. The van der Waals surface area contributed by atoms with E-state index in [0.29, 0.717) is 17.3 Å². The van der Waals surface area contributed by atoms with Gasteiger partial charge in [-0.15, -0.1) is 0 Å². The maximum Gasteiger partial charge on any atom is 0.304 e. The number of nitrogens with two attached hydrogens (primary N) is 1. The number of nitrogens with zero attached hydrogens (tertiary/aromatic N) is 2. The Hall–Kier alpha value is -0.820. The first-order valence-corrected chi connectivity index (χ1v) is 6.96. The highest BCUT2D eigenvalue weighted by Crippen LogP contribution is 2.32. The van der Waals surface area contributed by atoms with Crippen molar-refractivity contribution >= 4 is 27.5 Å². The van der Waals surface area contributed by atoms with Gasteiger partial charge in [-0.25, -0.2) is 0 Å². The summed E-state index contributed by atoms with van der Waals surface area (Å²) in [4.78, 5) is 0. The maximum atomic E-state index is 12.2. The Morgan fingerprint density at radius 1 is 1.47 bits per heavy atom. The summed E-state index contributed by atoms with van der Waals surface area (Å²) in [7, 11) is -1.97. The van der Waals surface area contributed by atoms with Crippen molar-refractivity contribution in [2.45, 2.75) is 6.04 Å². The number of likely N-dealkylation sites (N-methyl/N-ethyl adjacent to an activating group) is 1.